The number of rotatable bonds is 9. The molecule has 0 aliphatic carbocycles. The molecule has 0 radical (unpaired) electrons. The van der Waals surface area contributed by atoms with Crippen LogP contribution in [0.4, 0.5) is 0 Å². The van der Waals surface area contributed by atoms with Crippen molar-refractivity contribution in [3.05, 3.63) is 0 Å². The van der Waals surface area contributed by atoms with Crippen molar-refractivity contribution in [3.63, 3.8) is 0 Å². The molecule has 0 aromatic rings. The Kier molecular flexibility index (Phi) is 7.48. The summed E-state index contributed by atoms with van der Waals surface area (Å²) in [5.74, 6) is 0.0106. The number of carbonyl (C=O) groups is 1. The molecule has 0 saturated carbocycles. The van der Waals surface area contributed by atoms with Crippen LogP contribution in [0.15, 0.2) is 0 Å². The number of hydrogen-bond acceptors (Lipinski definition) is 3. The van der Waals surface area contributed by atoms with E-state index in [4.69, 9.17) is 5.73 Å². The Hall–Kier alpha value is -0.610. The minimum absolute atomic E-state index is 0.0106. The molecule has 108 valence electrons. The minimum Gasteiger partial charge on any atom is -0.388 e. The molecule has 4 N–H and O–H groups in total. The standard InChI is InChI=1S/C14H30N2O2/c1-5-7-14(4,18)11-16-12(17)6-8-13(2,3)9-10-15/h18H,5-11,15H2,1-4H3,(H,16,17). The van der Waals surface area contributed by atoms with Crippen LogP contribution in [0.2, 0.25) is 0 Å². The predicted octanol–water partition coefficient (Wildman–Crippen LogP) is 1.81. The van der Waals surface area contributed by atoms with Crippen molar-refractivity contribution >= 4 is 5.91 Å². The average molecular weight is 258 g/mol. The van der Waals surface area contributed by atoms with Crippen molar-refractivity contribution in [2.45, 2.75) is 65.4 Å². The van der Waals surface area contributed by atoms with Crippen LogP contribution in [0.3, 0.4) is 0 Å². The third-order valence-corrected chi connectivity index (χ3v) is 3.30. The summed E-state index contributed by atoms with van der Waals surface area (Å²) in [6.45, 7) is 9.01. The fourth-order valence-electron chi connectivity index (χ4n) is 1.97. The Labute approximate surface area is 111 Å². The summed E-state index contributed by atoms with van der Waals surface area (Å²) in [5, 5.41) is 12.7. The molecule has 18 heavy (non-hydrogen) atoms. The van der Waals surface area contributed by atoms with E-state index >= 15 is 0 Å². The van der Waals surface area contributed by atoms with Gasteiger partial charge in [0.05, 0.1) is 5.60 Å². The van der Waals surface area contributed by atoms with Gasteiger partial charge < -0.3 is 16.2 Å². The SMILES string of the molecule is CCCC(C)(O)CNC(=O)CCC(C)(C)CCN. The highest BCUT2D eigenvalue weighted by Gasteiger charge is 2.21. The Morgan fingerprint density at radius 2 is 1.83 bits per heavy atom. The van der Waals surface area contributed by atoms with Gasteiger partial charge in [0.1, 0.15) is 0 Å². The molecule has 1 unspecified atom stereocenters. The monoisotopic (exact) mass is 258 g/mol. The maximum atomic E-state index is 11.7. The zero-order valence-corrected chi connectivity index (χ0v) is 12.4. The fourth-order valence-corrected chi connectivity index (χ4v) is 1.97. The number of carbonyl (C=O) groups excluding carboxylic acids is 1. The van der Waals surface area contributed by atoms with E-state index in [-0.39, 0.29) is 11.3 Å². The molecule has 1 atom stereocenters. The van der Waals surface area contributed by atoms with Crippen LogP contribution in [-0.4, -0.2) is 29.7 Å². The highest BCUT2D eigenvalue weighted by molar-refractivity contribution is 5.75. The second-order valence-corrected chi connectivity index (χ2v) is 6.23. The quantitative estimate of drug-likeness (QED) is 0.590. The van der Waals surface area contributed by atoms with Gasteiger partial charge in [-0.1, -0.05) is 27.2 Å². The molecule has 0 aliphatic rings. The Morgan fingerprint density at radius 1 is 1.22 bits per heavy atom. The van der Waals surface area contributed by atoms with Crippen molar-refractivity contribution in [1.29, 1.82) is 0 Å². The van der Waals surface area contributed by atoms with Crippen molar-refractivity contribution < 1.29 is 9.90 Å². The van der Waals surface area contributed by atoms with Crippen molar-refractivity contribution in [2.24, 2.45) is 11.1 Å². The lowest BCUT2D eigenvalue weighted by molar-refractivity contribution is -0.122. The first kappa shape index (κ1) is 17.4. The second-order valence-electron chi connectivity index (χ2n) is 6.23. The highest BCUT2D eigenvalue weighted by Crippen LogP contribution is 2.25. The molecule has 0 saturated heterocycles. The molecule has 4 heteroatoms. The first-order valence-electron chi connectivity index (χ1n) is 6.91. The van der Waals surface area contributed by atoms with Gasteiger partial charge in [0.2, 0.25) is 5.91 Å². The van der Waals surface area contributed by atoms with Crippen LogP contribution < -0.4 is 11.1 Å². The zero-order valence-electron chi connectivity index (χ0n) is 12.4. The molecule has 0 bridgehead atoms. The van der Waals surface area contributed by atoms with E-state index in [1.807, 2.05) is 6.92 Å². The topological polar surface area (TPSA) is 75.3 Å². The molecule has 1 amide bonds. The van der Waals surface area contributed by atoms with Crippen LogP contribution >= 0.6 is 0 Å². The number of nitrogens with two attached hydrogens (primary N) is 1. The van der Waals surface area contributed by atoms with Gasteiger partial charge in [-0.15, -0.1) is 0 Å². The first-order chi connectivity index (χ1) is 8.22. The molecular weight excluding hydrogens is 228 g/mol. The predicted molar refractivity (Wildman–Crippen MR) is 75.2 cm³/mol. The van der Waals surface area contributed by atoms with Gasteiger partial charge in [0.25, 0.3) is 0 Å². The molecule has 4 nitrogen and oxygen atoms in total. The normalized spacial score (nSPS) is 15.2. The molecule has 0 aromatic carbocycles. The largest absolute Gasteiger partial charge is 0.388 e. The third kappa shape index (κ3) is 8.48. The third-order valence-electron chi connectivity index (χ3n) is 3.30. The van der Waals surface area contributed by atoms with Crippen molar-refractivity contribution in [1.82, 2.24) is 5.32 Å². The number of aliphatic hydroxyl groups is 1. The summed E-state index contributed by atoms with van der Waals surface area (Å²) in [5.41, 5.74) is 4.85. The van der Waals surface area contributed by atoms with Gasteiger partial charge in [0, 0.05) is 13.0 Å². The summed E-state index contributed by atoms with van der Waals surface area (Å²) < 4.78 is 0. The summed E-state index contributed by atoms with van der Waals surface area (Å²) in [7, 11) is 0. The van der Waals surface area contributed by atoms with Crippen molar-refractivity contribution in [3.8, 4) is 0 Å². The molecule has 0 heterocycles. The van der Waals surface area contributed by atoms with Gasteiger partial charge in [-0.25, -0.2) is 0 Å². The molecule has 0 rings (SSSR count). The summed E-state index contributed by atoms with van der Waals surface area (Å²) >= 11 is 0. The van der Waals surface area contributed by atoms with E-state index in [0.29, 0.717) is 25.9 Å². The minimum atomic E-state index is -0.794. The van der Waals surface area contributed by atoms with Gasteiger partial charge in [-0.05, 0) is 38.1 Å². The molecule has 0 fully saturated rings. The van der Waals surface area contributed by atoms with Crippen LogP contribution in [0, 0.1) is 5.41 Å². The van der Waals surface area contributed by atoms with E-state index in [1.54, 1.807) is 6.92 Å². The molecule has 0 aliphatic heterocycles. The van der Waals surface area contributed by atoms with Gasteiger partial charge in [0.15, 0.2) is 0 Å². The van der Waals surface area contributed by atoms with Crippen LogP contribution in [0.25, 0.3) is 0 Å². The number of amides is 1. The molecule has 0 aromatic heterocycles. The average Bonchev–Trinajstić information content (AvgIpc) is 2.24. The number of nitrogens with one attached hydrogen (secondary N) is 1. The summed E-state index contributed by atoms with van der Waals surface area (Å²) in [6.07, 6.45) is 3.85. The second kappa shape index (κ2) is 7.74. The first-order valence-corrected chi connectivity index (χ1v) is 6.91. The lowest BCUT2D eigenvalue weighted by atomic mass is 9.84. The molecule has 0 spiro atoms. The molecular formula is C14H30N2O2. The van der Waals surface area contributed by atoms with E-state index in [1.165, 1.54) is 0 Å². The Bertz CT molecular complexity index is 226. The Balaban J connectivity index is 3.92. The van der Waals surface area contributed by atoms with E-state index < -0.39 is 5.60 Å². The van der Waals surface area contributed by atoms with Crippen molar-refractivity contribution in [2.75, 3.05) is 13.1 Å². The summed E-state index contributed by atoms with van der Waals surface area (Å²) in [6, 6.07) is 0. The maximum absolute atomic E-state index is 11.7. The number of hydrogen-bond donors (Lipinski definition) is 3. The lowest BCUT2D eigenvalue weighted by Crippen LogP contribution is -2.40. The highest BCUT2D eigenvalue weighted by atomic mass is 16.3. The fraction of sp³-hybridized carbons (Fsp3) is 0.929. The van der Waals surface area contributed by atoms with Crippen LogP contribution in [0.5, 0.6) is 0 Å². The van der Waals surface area contributed by atoms with Gasteiger partial charge in [-0.2, -0.15) is 0 Å². The lowest BCUT2D eigenvalue weighted by Gasteiger charge is -2.25. The zero-order chi connectivity index (χ0) is 14.2. The Morgan fingerprint density at radius 3 is 2.33 bits per heavy atom. The van der Waals surface area contributed by atoms with Gasteiger partial charge in [-0.3, -0.25) is 4.79 Å². The van der Waals surface area contributed by atoms with Gasteiger partial charge >= 0.3 is 0 Å². The van der Waals surface area contributed by atoms with Crippen LogP contribution in [0.1, 0.15) is 59.8 Å². The van der Waals surface area contributed by atoms with Crippen LogP contribution in [-0.2, 0) is 4.79 Å². The van der Waals surface area contributed by atoms with E-state index in [0.717, 1.165) is 19.3 Å². The van der Waals surface area contributed by atoms with E-state index in [9.17, 15) is 9.90 Å². The smallest absolute Gasteiger partial charge is 0.220 e. The van der Waals surface area contributed by atoms with E-state index in [2.05, 4.69) is 19.2 Å². The maximum Gasteiger partial charge on any atom is 0.220 e. The summed E-state index contributed by atoms with van der Waals surface area (Å²) in [4.78, 5) is 11.7.